The average molecular weight is 942 g/mol. The molecule has 0 aliphatic rings. The van der Waals surface area contributed by atoms with Crippen LogP contribution >= 0.6 is 15.9 Å². The summed E-state index contributed by atoms with van der Waals surface area (Å²) in [4.78, 5) is 21.8. The van der Waals surface area contributed by atoms with Gasteiger partial charge >= 0.3 is 18.5 Å². The quantitative estimate of drug-likeness (QED) is 0.0916. The van der Waals surface area contributed by atoms with Gasteiger partial charge in [-0.05, 0) is 85.0 Å². The topological polar surface area (TPSA) is 129 Å². The third-order valence-electron chi connectivity index (χ3n) is 7.26. The molecule has 11 nitrogen and oxygen atoms in total. The van der Waals surface area contributed by atoms with E-state index in [9.17, 15) is 49.4 Å². The number of hydrogen-bond acceptors (Lipinski definition) is 8. The Morgan fingerprint density at radius 2 is 1.14 bits per heavy atom. The van der Waals surface area contributed by atoms with E-state index >= 15 is 0 Å². The zero-order chi connectivity index (χ0) is 42.4. The summed E-state index contributed by atoms with van der Waals surface area (Å²) >= 11 is 3.36. The summed E-state index contributed by atoms with van der Waals surface area (Å²) in [6.45, 7) is 2.29. The number of nitrogens with zero attached hydrogens (tertiary/aromatic N) is 9. The zero-order valence-corrected chi connectivity index (χ0v) is 35.6. The van der Waals surface area contributed by atoms with Crippen LogP contribution in [0.4, 0.5) is 39.5 Å². The monoisotopic (exact) mass is 939 g/mol. The molecule has 0 saturated carbocycles. The van der Waals surface area contributed by atoms with Crippen LogP contribution in [-0.2, 0) is 45.5 Å². The van der Waals surface area contributed by atoms with Gasteiger partial charge in [0, 0.05) is 86.1 Å². The molecule has 6 aromatic rings. The van der Waals surface area contributed by atoms with Crippen molar-refractivity contribution < 1.29 is 68.9 Å². The molecule has 0 aliphatic carbocycles. The van der Waals surface area contributed by atoms with Gasteiger partial charge in [0.15, 0.2) is 6.29 Å². The van der Waals surface area contributed by atoms with E-state index in [4.69, 9.17) is 0 Å². The second kappa shape index (κ2) is 22.4. The van der Waals surface area contributed by atoms with Crippen LogP contribution in [0.1, 0.15) is 55.8 Å². The Morgan fingerprint density at radius 3 is 1.62 bits per heavy atom. The molecule has 0 bridgehead atoms. The Morgan fingerprint density at radius 1 is 0.655 bits per heavy atom. The fourth-order valence-corrected chi connectivity index (χ4v) is 4.80. The molecule has 308 valence electrons. The van der Waals surface area contributed by atoms with E-state index in [-0.39, 0.29) is 30.9 Å². The van der Waals surface area contributed by atoms with E-state index in [0.717, 1.165) is 36.7 Å². The minimum atomic E-state index is -4.33. The van der Waals surface area contributed by atoms with E-state index in [1.807, 2.05) is 32.2 Å². The van der Waals surface area contributed by atoms with Gasteiger partial charge in [0.05, 0.1) is 11.4 Å². The van der Waals surface area contributed by atoms with Crippen molar-refractivity contribution in [1.29, 1.82) is 0 Å². The van der Waals surface area contributed by atoms with Crippen LogP contribution in [0.2, 0.25) is 0 Å². The van der Waals surface area contributed by atoms with Crippen molar-refractivity contribution in [3.8, 4) is 0 Å². The molecule has 1 atom stereocenters. The number of alkyl halides is 9. The van der Waals surface area contributed by atoms with Gasteiger partial charge < -0.3 is 5.11 Å². The molecule has 22 heteroatoms. The first-order valence-corrected chi connectivity index (χ1v) is 17.2. The Labute approximate surface area is 347 Å². The van der Waals surface area contributed by atoms with Crippen molar-refractivity contribution in [1.82, 2.24) is 44.3 Å². The minimum Gasteiger partial charge on any atom is -0.382 e. The van der Waals surface area contributed by atoms with Gasteiger partial charge in [0.25, 0.3) is 0 Å². The first-order chi connectivity index (χ1) is 26.6. The van der Waals surface area contributed by atoms with Gasteiger partial charge in [-0.25, -0.2) is 0 Å². The second-order valence-electron chi connectivity index (χ2n) is 12.1. The Balaban J connectivity index is 0.000000277. The molecular formula is C36H35BrF9N9O2Zn. The predicted octanol–water partition coefficient (Wildman–Crippen LogP) is 8.38. The number of aliphatic hydroxyl groups excluding tert-OH is 1. The molecule has 0 aromatic carbocycles. The maximum Gasteiger partial charge on any atom is 0.408 e. The first kappa shape index (κ1) is 49.3. The summed E-state index contributed by atoms with van der Waals surface area (Å²) in [6.07, 6.45) is 0.688. The number of aldehydes is 1. The summed E-state index contributed by atoms with van der Waals surface area (Å²) in [5.74, 6) is 0. The summed E-state index contributed by atoms with van der Waals surface area (Å²) in [5, 5.41) is 21.1. The van der Waals surface area contributed by atoms with Crippen LogP contribution in [0.3, 0.4) is 0 Å². The Kier molecular flexibility index (Phi) is 19.0. The smallest absolute Gasteiger partial charge is 0.382 e. The fraction of sp³-hybridized carbons (Fsp3) is 0.306. The molecule has 6 aromatic heterocycles. The number of aromatic nitrogens is 9. The van der Waals surface area contributed by atoms with Crippen LogP contribution in [0, 0.1) is 20.8 Å². The van der Waals surface area contributed by atoms with Crippen molar-refractivity contribution >= 4 is 22.2 Å². The summed E-state index contributed by atoms with van der Waals surface area (Å²) in [6, 6.07) is 9.58. The van der Waals surface area contributed by atoms with Crippen molar-refractivity contribution in [3.63, 3.8) is 0 Å². The summed E-state index contributed by atoms with van der Waals surface area (Å²) < 4.78 is 112. The van der Waals surface area contributed by atoms with Gasteiger partial charge in [0.2, 0.25) is 0 Å². The molecule has 58 heavy (non-hydrogen) atoms. The number of aryl methyl sites for hydroxylation is 3. The molecule has 0 spiro atoms. The number of carbonyl (C=O) groups excluding carboxylic acids is 1. The van der Waals surface area contributed by atoms with E-state index in [1.54, 1.807) is 43.8 Å². The van der Waals surface area contributed by atoms with Crippen LogP contribution in [-0.4, -0.2) is 74.2 Å². The van der Waals surface area contributed by atoms with Crippen molar-refractivity contribution in [3.05, 3.63) is 142 Å². The van der Waals surface area contributed by atoms with Gasteiger partial charge in [0.1, 0.15) is 31.4 Å². The fourth-order valence-electron chi connectivity index (χ4n) is 4.58. The summed E-state index contributed by atoms with van der Waals surface area (Å²) in [7, 11) is 0. The number of aliphatic hydroxyl groups is 1. The zero-order valence-electron chi connectivity index (χ0n) is 31.0. The normalized spacial score (nSPS) is 11.8. The van der Waals surface area contributed by atoms with Crippen molar-refractivity contribution in [2.45, 2.75) is 71.5 Å². The molecule has 0 fully saturated rings. The third kappa shape index (κ3) is 18.2. The number of carbonyl (C=O) groups is 1. The van der Waals surface area contributed by atoms with Gasteiger partial charge in [-0.3, -0.25) is 33.8 Å². The van der Waals surface area contributed by atoms with E-state index in [2.05, 4.69) is 46.2 Å². The van der Waals surface area contributed by atoms with Crippen LogP contribution < -0.4 is 0 Å². The molecule has 6 heterocycles. The molecule has 1 unspecified atom stereocenters. The first-order valence-electron chi connectivity index (χ1n) is 16.4. The summed E-state index contributed by atoms with van der Waals surface area (Å²) in [5.41, 5.74) is 5.32. The minimum absolute atomic E-state index is 0. The molecular weight excluding hydrogens is 907 g/mol. The molecule has 0 radical (unpaired) electrons. The number of rotatable bonds is 8. The number of hydrogen-bond donors (Lipinski definition) is 1. The molecule has 0 aliphatic heterocycles. The Hall–Kier alpha value is -4.82. The Bertz CT molecular complexity index is 2130. The standard InChI is InChI=1S/C12H12F3N3O.C12H12F3N3.C6H6BrN.C6H5F3N2O.Zn/c1-8-6-16-4-2-9(8)11(19)10-3-5-18(17-10)7-12(13,14)15;1-9-7-16-4-2-10(9)6-11-3-5-18(17-11)8-12(13,14)15;1-5-4-8-3-2-6(5)7;7-6(8,9)4-11-2-1-5(3-12)10-11;/h2-6,11,19H,7H2,1H3;2-5,7H,6,8H2,1H3;2-4H,1H3;1-3H,4H2;. The van der Waals surface area contributed by atoms with Gasteiger partial charge in [-0.2, -0.15) is 54.8 Å². The van der Waals surface area contributed by atoms with Crippen LogP contribution in [0.5, 0.6) is 0 Å². The van der Waals surface area contributed by atoms with Gasteiger partial charge in [-0.1, -0.05) is 15.9 Å². The second-order valence-corrected chi connectivity index (χ2v) is 12.9. The maximum absolute atomic E-state index is 12.2. The van der Waals surface area contributed by atoms with Crippen LogP contribution in [0.15, 0.2) is 96.6 Å². The average Bonchev–Trinajstić information content (AvgIpc) is 3.88. The van der Waals surface area contributed by atoms with Crippen LogP contribution in [0.25, 0.3) is 0 Å². The number of halogens is 10. The molecule has 1 N–H and O–H groups in total. The largest absolute Gasteiger partial charge is 0.408 e. The molecule has 6 rings (SSSR count). The van der Waals surface area contributed by atoms with E-state index in [0.29, 0.717) is 28.6 Å². The van der Waals surface area contributed by atoms with E-state index in [1.165, 1.54) is 36.3 Å². The SMILES string of the molecule is Cc1cnccc1Br.Cc1cnccc1C(O)c1ccn(CC(F)(F)F)n1.Cc1cnccc1Cc1ccn(CC(F)(F)F)n1.O=Cc1ccn(CC(F)(F)F)n1.[Zn]. The molecule has 0 saturated heterocycles. The number of pyridine rings is 3. The van der Waals surface area contributed by atoms with Crippen molar-refractivity contribution in [2.75, 3.05) is 0 Å². The van der Waals surface area contributed by atoms with Crippen molar-refractivity contribution in [2.24, 2.45) is 0 Å². The molecule has 0 amide bonds. The van der Waals surface area contributed by atoms with Gasteiger partial charge in [-0.15, -0.1) is 0 Å². The predicted molar refractivity (Wildman–Crippen MR) is 192 cm³/mol. The van der Waals surface area contributed by atoms with E-state index < -0.39 is 44.3 Å². The maximum atomic E-state index is 12.2. The third-order valence-corrected chi connectivity index (χ3v) is 8.15.